The molecule has 120 valence electrons. The average molecular weight is 376 g/mol. The van der Waals surface area contributed by atoms with Crippen LogP contribution in [0.5, 0.6) is 0 Å². The van der Waals surface area contributed by atoms with Gasteiger partial charge in [0, 0.05) is 10.0 Å². The molecule has 0 aliphatic heterocycles. The highest BCUT2D eigenvalue weighted by atomic mass is 79.9. The van der Waals surface area contributed by atoms with Crippen molar-refractivity contribution in [3.63, 3.8) is 0 Å². The Morgan fingerprint density at radius 3 is 2.48 bits per heavy atom. The van der Waals surface area contributed by atoms with Gasteiger partial charge >= 0.3 is 6.09 Å². The van der Waals surface area contributed by atoms with E-state index >= 15 is 0 Å². The van der Waals surface area contributed by atoms with E-state index in [2.05, 4.69) is 21.2 Å². The summed E-state index contributed by atoms with van der Waals surface area (Å²) < 4.78 is 5.99. The standard InChI is InChI=1S/C18H18BrNO3/c1-12-8-9-15(13(2)17(12)19)16(21)10-20-18(22)23-11-14-6-4-3-5-7-14/h3-9H,10-11H2,1-2H3,(H,20,22). The number of Topliss-reactive ketones (excluding diaryl/α,β-unsaturated/α-hetero) is 1. The van der Waals surface area contributed by atoms with Gasteiger partial charge in [-0.1, -0.05) is 58.4 Å². The maximum atomic E-state index is 12.2. The normalized spacial score (nSPS) is 10.2. The number of hydrogen-bond acceptors (Lipinski definition) is 3. The molecule has 5 heteroatoms. The van der Waals surface area contributed by atoms with E-state index in [1.165, 1.54) is 0 Å². The first kappa shape index (κ1) is 17.2. The van der Waals surface area contributed by atoms with Gasteiger partial charge in [0.05, 0.1) is 6.54 Å². The van der Waals surface area contributed by atoms with Gasteiger partial charge in [-0.2, -0.15) is 0 Å². The van der Waals surface area contributed by atoms with Crippen LogP contribution in [-0.2, 0) is 11.3 Å². The van der Waals surface area contributed by atoms with Gasteiger partial charge in [0.15, 0.2) is 5.78 Å². The van der Waals surface area contributed by atoms with Crippen LogP contribution in [0, 0.1) is 13.8 Å². The molecule has 1 N–H and O–H groups in total. The molecule has 0 bridgehead atoms. The van der Waals surface area contributed by atoms with Crippen molar-refractivity contribution in [3.8, 4) is 0 Å². The Balaban J connectivity index is 1.87. The first-order chi connectivity index (χ1) is 11.0. The smallest absolute Gasteiger partial charge is 0.407 e. The molecule has 1 amide bonds. The van der Waals surface area contributed by atoms with Gasteiger partial charge < -0.3 is 10.1 Å². The third kappa shape index (κ3) is 4.66. The number of ketones is 1. The van der Waals surface area contributed by atoms with E-state index in [0.29, 0.717) is 5.56 Å². The van der Waals surface area contributed by atoms with E-state index in [9.17, 15) is 9.59 Å². The summed E-state index contributed by atoms with van der Waals surface area (Å²) in [5, 5.41) is 2.49. The van der Waals surface area contributed by atoms with Crippen LogP contribution in [0.2, 0.25) is 0 Å². The molecular formula is C18H18BrNO3. The van der Waals surface area contributed by atoms with Crippen molar-refractivity contribution in [2.75, 3.05) is 6.54 Å². The number of ether oxygens (including phenoxy) is 1. The second kappa shape index (κ2) is 7.92. The van der Waals surface area contributed by atoms with Crippen molar-refractivity contribution in [2.24, 2.45) is 0 Å². The van der Waals surface area contributed by atoms with Crippen molar-refractivity contribution in [2.45, 2.75) is 20.5 Å². The fourth-order valence-corrected chi connectivity index (χ4v) is 2.49. The van der Waals surface area contributed by atoms with E-state index < -0.39 is 6.09 Å². The lowest BCUT2D eigenvalue weighted by molar-refractivity contribution is 0.0973. The highest BCUT2D eigenvalue weighted by Gasteiger charge is 2.14. The molecule has 0 radical (unpaired) electrons. The van der Waals surface area contributed by atoms with Crippen LogP contribution in [0.1, 0.15) is 27.0 Å². The zero-order chi connectivity index (χ0) is 16.8. The molecule has 2 aromatic rings. The zero-order valence-electron chi connectivity index (χ0n) is 13.1. The third-order valence-corrected chi connectivity index (χ3v) is 4.71. The Morgan fingerprint density at radius 1 is 1.09 bits per heavy atom. The van der Waals surface area contributed by atoms with Gasteiger partial charge in [0.25, 0.3) is 0 Å². The summed E-state index contributed by atoms with van der Waals surface area (Å²) in [6.45, 7) is 3.92. The van der Waals surface area contributed by atoms with Crippen LogP contribution in [0.25, 0.3) is 0 Å². The van der Waals surface area contributed by atoms with Gasteiger partial charge in [-0.15, -0.1) is 0 Å². The van der Waals surface area contributed by atoms with Crippen LogP contribution in [0.15, 0.2) is 46.9 Å². The van der Waals surface area contributed by atoms with Gasteiger partial charge in [0.2, 0.25) is 0 Å². The summed E-state index contributed by atoms with van der Waals surface area (Å²) in [6.07, 6.45) is -0.606. The Hall–Kier alpha value is -2.14. The first-order valence-corrected chi connectivity index (χ1v) is 8.02. The lowest BCUT2D eigenvalue weighted by Gasteiger charge is -2.10. The van der Waals surface area contributed by atoms with Gasteiger partial charge in [-0.3, -0.25) is 4.79 Å². The predicted octanol–water partition coefficient (Wildman–Crippen LogP) is 4.18. The Morgan fingerprint density at radius 2 is 1.78 bits per heavy atom. The van der Waals surface area contributed by atoms with Gasteiger partial charge in [-0.05, 0) is 30.5 Å². The van der Waals surface area contributed by atoms with Crippen molar-refractivity contribution in [1.29, 1.82) is 0 Å². The number of carbonyl (C=O) groups is 2. The molecule has 4 nitrogen and oxygen atoms in total. The molecule has 0 saturated carbocycles. The fraction of sp³-hybridized carbons (Fsp3) is 0.222. The second-order valence-corrected chi connectivity index (χ2v) is 6.00. The number of benzene rings is 2. The minimum atomic E-state index is -0.606. The number of hydrogen-bond donors (Lipinski definition) is 1. The lowest BCUT2D eigenvalue weighted by Crippen LogP contribution is -2.30. The quantitative estimate of drug-likeness (QED) is 0.797. The number of halogens is 1. The van der Waals surface area contributed by atoms with Crippen molar-refractivity contribution < 1.29 is 14.3 Å². The summed E-state index contributed by atoms with van der Waals surface area (Å²) in [5.74, 6) is -0.153. The van der Waals surface area contributed by atoms with Crippen LogP contribution >= 0.6 is 15.9 Å². The molecule has 0 saturated heterocycles. The minimum Gasteiger partial charge on any atom is -0.445 e. The molecule has 0 heterocycles. The summed E-state index contributed by atoms with van der Waals surface area (Å²) in [6, 6.07) is 13.0. The number of aryl methyl sites for hydroxylation is 1. The molecule has 0 unspecified atom stereocenters. The van der Waals surface area contributed by atoms with Crippen molar-refractivity contribution in [1.82, 2.24) is 5.32 Å². The number of alkyl carbamates (subject to hydrolysis) is 1. The molecule has 0 aliphatic carbocycles. The van der Waals surface area contributed by atoms with Crippen LogP contribution < -0.4 is 5.32 Å². The maximum Gasteiger partial charge on any atom is 0.407 e. The molecule has 0 aliphatic rings. The minimum absolute atomic E-state index is 0.0933. The topological polar surface area (TPSA) is 55.4 Å². The number of rotatable bonds is 5. The average Bonchev–Trinajstić information content (AvgIpc) is 2.57. The summed E-state index contributed by atoms with van der Waals surface area (Å²) in [5.41, 5.74) is 3.42. The molecule has 0 atom stereocenters. The van der Waals surface area contributed by atoms with Gasteiger partial charge in [0.1, 0.15) is 6.61 Å². The molecule has 2 rings (SSSR count). The molecule has 0 spiro atoms. The zero-order valence-corrected chi connectivity index (χ0v) is 14.6. The third-order valence-electron chi connectivity index (χ3n) is 3.49. The van der Waals surface area contributed by atoms with E-state index in [1.54, 1.807) is 6.07 Å². The molecular weight excluding hydrogens is 358 g/mol. The van der Waals surface area contributed by atoms with Crippen LogP contribution in [-0.4, -0.2) is 18.4 Å². The SMILES string of the molecule is Cc1ccc(C(=O)CNC(=O)OCc2ccccc2)c(C)c1Br. The largest absolute Gasteiger partial charge is 0.445 e. The number of amides is 1. The first-order valence-electron chi connectivity index (χ1n) is 7.22. The van der Waals surface area contributed by atoms with Gasteiger partial charge in [-0.25, -0.2) is 4.79 Å². The highest BCUT2D eigenvalue weighted by molar-refractivity contribution is 9.10. The molecule has 2 aromatic carbocycles. The Labute approximate surface area is 144 Å². The van der Waals surface area contributed by atoms with E-state index in [-0.39, 0.29) is 18.9 Å². The predicted molar refractivity (Wildman–Crippen MR) is 92.6 cm³/mol. The molecule has 0 aromatic heterocycles. The lowest BCUT2D eigenvalue weighted by atomic mass is 10.0. The van der Waals surface area contributed by atoms with Crippen LogP contribution in [0.3, 0.4) is 0 Å². The molecule has 0 fully saturated rings. The van der Waals surface area contributed by atoms with E-state index in [0.717, 1.165) is 21.2 Å². The fourth-order valence-electron chi connectivity index (χ4n) is 2.14. The number of nitrogens with one attached hydrogen (secondary N) is 1. The summed E-state index contributed by atoms with van der Waals surface area (Å²) >= 11 is 3.46. The van der Waals surface area contributed by atoms with E-state index in [4.69, 9.17) is 4.74 Å². The van der Waals surface area contributed by atoms with Crippen LogP contribution in [0.4, 0.5) is 4.79 Å². The van der Waals surface area contributed by atoms with E-state index in [1.807, 2.05) is 50.2 Å². The summed E-state index contributed by atoms with van der Waals surface area (Å²) in [4.78, 5) is 23.9. The van der Waals surface area contributed by atoms with Crippen molar-refractivity contribution in [3.05, 3.63) is 69.2 Å². The highest BCUT2D eigenvalue weighted by Crippen LogP contribution is 2.24. The maximum absolute atomic E-state index is 12.2. The Kier molecular flexibility index (Phi) is 5.93. The Bertz CT molecular complexity index is 714. The molecule has 23 heavy (non-hydrogen) atoms. The van der Waals surface area contributed by atoms with Crippen molar-refractivity contribution >= 4 is 27.8 Å². The monoisotopic (exact) mass is 375 g/mol. The second-order valence-electron chi connectivity index (χ2n) is 5.21. The number of carbonyl (C=O) groups excluding carboxylic acids is 2. The summed E-state index contributed by atoms with van der Waals surface area (Å²) in [7, 11) is 0.